The molecular formula is C12H16ClN3O2. The SMILES string of the molecule is CC1CC(NC(=O)COc2ccccc2Cl)NN1. The molecule has 18 heavy (non-hydrogen) atoms. The molecule has 2 rings (SSSR count). The molecule has 6 heteroatoms. The number of hydrogen-bond acceptors (Lipinski definition) is 4. The van der Waals surface area contributed by atoms with E-state index in [1.165, 1.54) is 0 Å². The third-order valence-corrected chi connectivity index (χ3v) is 2.94. The van der Waals surface area contributed by atoms with Gasteiger partial charge in [0.05, 0.1) is 11.2 Å². The van der Waals surface area contributed by atoms with Crippen LogP contribution in [0.3, 0.4) is 0 Å². The van der Waals surface area contributed by atoms with Crippen molar-refractivity contribution in [2.24, 2.45) is 0 Å². The number of amides is 1. The maximum absolute atomic E-state index is 11.6. The Morgan fingerprint density at radius 2 is 2.28 bits per heavy atom. The van der Waals surface area contributed by atoms with Gasteiger partial charge in [-0.1, -0.05) is 23.7 Å². The number of ether oxygens (including phenoxy) is 1. The Morgan fingerprint density at radius 1 is 1.50 bits per heavy atom. The van der Waals surface area contributed by atoms with Crippen LogP contribution in [0.4, 0.5) is 0 Å². The molecular weight excluding hydrogens is 254 g/mol. The van der Waals surface area contributed by atoms with Gasteiger partial charge in [-0.2, -0.15) is 0 Å². The first-order valence-corrected chi connectivity index (χ1v) is 6.20. The second kappa shape index (κ2) is 6.04. The quantitative estimate of drug-likeness (QED) is 0.765. The van der Waals surface area contributed by atoms with E-state index in [0.717, 1.165) is 6.42 Å². The Balaban J connectivity index is 1.77. The molecule has 1 fully saturated rings. The van der Waals surface area contributed by atoms with Crippen molar-refractivity contribution < 1.29 is 9.53 Å². The third kappa shape index (κ3) is 3.60. The molecule has 1 aromatic rings. The number of rotatable bonds is 4. The molecule has 5 nitrogen and oxygen atoms in total. The van der Waals surface area contributed by atoms with E-state index in [1.807, 2.05) is 19.1 Å². The van der Waals surface area contributed by atoms with Crippen LogP contribution in [-0.2, 0) is 4.79 Å². The lowest BCUT2D eigenvalue weighted by Crippen LogP contribution is -2.45. The van der Waals surface area contributed by atoms with Crippen molar-refractivity contribution in [1.82, 2.24) is 16.2 Å². The van der Waals surface area contributed by atoms with Crippen LogP contribution in [-0.4, -0.2) is 24.7 Å². The van der Waals surface area contributed by atoms with Crippen molar-refractivity contribution in [1.29, 1.82) is 0 Å². The normalized spacial score (nSPS) is 22.8. The van der Waals surface area contributed by atoms with Gasteiger partial charge in [-0.25, -0.2) is 5.43 Å². The minimum Gasteiger partial charge on any atom is -0.482 e. The van der Waals surface area contributed by atoms with Crippen molar-refractivity contribution in [2.75, 3.05) is 6.61 Å². The number of para-hydroxylation sites is 1. The first-order valence-electron chi connectivity index (χ1n) is 5.83. The number of hydrogen-bond donors (Lipinski definition) is 3. The monoisotopic (exact) mass is 269 g/mol. The van der Waals surface area contributed by atoms with Crippen molar-refractivity contribution in [3.8, 4) is 5.75 Å². The van der Waals surface area contributed by atoms with E-state index in [1.54, 1.807) is 12.1 Å². The van der Waals surface area contributed by atoms with Crippen molar-refractivity contribution in [3.63, 3.8) is 0 Å². The Morgan fingerprint density at radius 3 is 2.94 bits per heavy atom. The van der Waals surface area contributed by atoms with Gasteiger partial charge >= 0.3 is 0 Å². The summed E-state index contributed by atoms with van der Waals surface area (Å²) >= 11 is 5.92. The van der Waals surface area contributed by atoms with Gasteiger partial charge in [-0.3, -0.25) is 10.2 Å². The second-order valence-corrected chi connectivity index (χ2v) is 4.67. The lowest BCUT2D eigenvalue weighted by molar-refractivity contribution is -0.123. The summed E-state index contributed by atoms with van der Waals surface area (Å²) < 4.78 is 5.34. The largest absolute Gasteiger partial charge is 0.482 e. The number of hydrazine groups is 1. The molecule has 1 heterocycles. The highest BCUT2D eigenvalue weighted by atomic mass is 35.5. The van der Waals surface area contributed by atoms with Gasteiger partial charge in [-0.15, -0.1) is 0 Å². The van der Waals surface area contributed by atoms with Crippen LogP contribution >= 0.6 is 11.6 Å². The zero-order valence-electron chi connectivity index (χ0n) is 10.1. The van der Waals surface area contributed by atoms with Gasteiger partial charge in [-0.05, 0) is 25.5 Å². The summed E-state index contributed by atoms with van der Waals surface area (Å²) in [6, 6.07) is 7.42. The molecule has 0 saturated carbocycles. The highest BCUT2D eigenvalue weighted by Gasteiger charge is 2.21. The number of benzene rings is 1. The van der Waals surface area contributed by atoms with Crippen LogP contribution in [0.1, 0.15) is 13.3 Å². The van der Waals surface area contributed by atoms with Crippen molar-refractivity contribution in [2.45, 2.75) is 25.6 Å². The summed E-state index contributed by atoms with van der Waals surface area (Å²) in [6.07, 6.45) is 0.792. The Bertz CT molecular complexity index is 428. The third-order valence-electron chi connectivity index (χ3n) is 2.62. The number of nitrogens with one attached hydrogen (secondary N) is 3. The van der Waals surface area contributed by atoms with E-state index in [9.17, 15) is 4.79 Å². The Hall–Kier alpha value is -1.30. The van der Waals surface area contributed by atoms with E-state index < -0.39 is 0 Å². The molecule has 0 aliphatic carbocycles. The van der Waals surface area contributed by atoms with Crippen LogP contribution in [0, 0.1) is 0 Å². The molecule has 0 aromatic heterocycles. The number of halogens is 1. The zero-order valence-corrected chi connectivity index (χ0v) is 10.8. The summed E-state index contributed by atoms with van der Waals surface area (Å²) in [4.78, 5) is 11.6. The predicted octanol–water partition coefficient (Wildman–Crippen LogP) is 1.05. The van der Waals surface area contributed by atoms with Crippen LogP contribution in [0.25, 0.3) is 0 Å². The lowest BCUT2D eigenvalue weighted by atomic mass is 10.2. The van der Waals surface area contributed by atoms with E-state index in [2.05, 4.69) is 16.2 Å². The summed E-state index contributed by atoms with van der Waals surface area (Å²) in [5.74, 6) is 0.337. The fourth-order valence-corrected chi connectivity index (χ4v) is 1.94. The maximum Gasteiger partial charge on any atom is 0.259 e. The molecule has 98 valence electrons. The standard InChI is InChI=1S/C12H16ClN3O2/c1-8-6-11(16-15-8)14-12(17)7-18-10-5-3-2-4-9(10)13/h2-5,8,11,15-16H,6-7H2,1H3,(H,14,17). The molecule has 0 radical (unpaired) electrons. The minimum absolute atomic E-state index is 0.0453. The Labute approximate surface area is 111 Å². The molecule has 0 spiro atoms. The molecule has 1 amide bonds. The van der Waals surface area contributed by atoms with Crippen molar-refractivity contribution in [3.05, 3.63) is 29.3 Å². The second-order valence-electron chi connectivity index (χ2n) is 4.26. The number of carbonyl (C=O) groups is 1. The van der Waals surface area contributed by atoms with E-state index in [4.69, 9.17) is 16.3 Å². The van der Waals surface area contributed by atoms with Gasteiger partial charge in [0, 0.05) is 6.04 Å². The smallest absolute Gasteiger partial charge is 0.259 e. The van der Waals surface area contributed by atoms with E-state index in [-0.39, 0.29) is 18.7 Å². The van der Waals surface area contributed by atoms with Crippen LogP contribution in [0.2, 0.25) is 5.02 Å². The van der Waals surface area contributed by atoms with Gasteiger partial charge in [0.1, 0.15) is 5.75 Å². The Kier molecular flexibility index (Phi) is 4.41. The molecule has 1 aliphatic rings. The van der Waals surface area contributed by atoms with Crippen LogP contribution in [0.15, 0.2) is 24.3 Å². The topological polar surface area (TPSA) is 62.4 Å². The average Bonchev–Trinajstić information content (AvgIpc) is 2.74. The molecule has 3 N–H and O–H groups in total. The molecule has 1 aromatic carbocycles. The minimum atomic E-state index is -0.177. The summed E-state index contributed by atoms with van der Waals surface area (Å²) in [5, 5.41) is 3.32. The van der Waals surface area contributed by atoms with Crippen LogP contribution < -0.4 is 20.9 Å². The highest BCUT2D eigenvalue weighted by molar-refractivity contribution is 6.32. The van der Waals surface area contributed by atoms with E-state index in [0.29, 0.717) is 16.8 Å². The molecule has 2 unspecified atom stereocenters. The van der Waals surface area contributed by atoms with Gasteiger partial charge in [0.25, 0.3) is 5.91 Å². The first-order chi connectivity index (χ1) is 8.65. The first kappa shape index (κ1) is 13.1. The van der Waals surface area contributed by atoms with Crippen LogP contribution in [0.5, 0.6) is 5.75 Å². The molecule has 1 saturated heterocycles. The average molecular weight is 270 g/mol. The van der Waals surface area contributed by atoms with E-state index >= 15 is 0 Å². The molecule has 1 aliphatic heterocycles. The number of carbonyl (C=O) groups excluding carboxylic acids is 1. The zero-order chi connectivity index (χ0) is 13.0. The van der Waals surface area contributed by atoms with Gasteiger partial charge in [0.2, 0.25) is 0 Å². The molecule has 2 atom stereocenters. The fourth-order valence-electron chi connectivity index (χ4n) is 1.75. The predicted molar refractivity (Wildman–Crippen MR) is 69.2 cm³/mol. The van der Waals surface area contributed by atoms with Crippen molar-refractivity contribution >= 4 is 17.5 Å². The van der Waals surface area contributed by atoms with Gasteiger partial charge in [0.15, 0.2) is 6.61 Å². The fraction of sp³-hybridized carbons (Fsp3) is 0.417. The lowest BCUT2D eigenvalue weighted by Gasteiger charge is -2.13. The summed E-state index contributed by atoms with van der Waals surface area (Å²) in [5.41, 5.74) is 6.01. The summed E-state index contributed by atoms with van der Waals surface area (Å²) in [6.45, 7) is 2.00. The summed E-state index contributed by atoms with van der Waals surface area (Å²) in [7, 11) is 0. The highest BCUT2D eigenvalue weighted by Crippen LogP contribution is 2.22. The molecule has 0 bridgehead atoms. The maximum atomic E-state index is 11.6. The van der Waals surface area contributed by atoms with Gasteiger partial charge < -0.3 is 10.1 Å².